The Morgan fingerprint density at radius 1 is 1.45 bits per heavy atom. The van der Waals surface area contributed by atoms with Crippen LogP contribution in [0.25, 0.3) is 0 Å². The Balaban J connectivity index is 3.21. The zero-order valence-corrected chi connectivity index (χ0v) is 12.7. The third-order valence-corrected chi connectivity index (χ3v) is 3.11. The number of benzene rings is 1. The van der Waals surface area contributed by atoms with Crippen LogP contribution in [0.4, 0.5) is 10.1 Å². The molecule has 0 amide bonds. The van der Waals surface area contributed by atoms with E-state index in [-0.39, 0.29) is 11.6 Å². The minimum absolute atomic E-state index is 0.140. The lowest BCUT2D eigenvalue weighted by Crippen LogP contribution is -2.34. The largest absolute Gasteiger partial charge is 0.497 e. The van der Waals surface area contributed by atoms with Gasteiger partial charge < -0.3 is 10.5 Å². The van der Waals surface area contributed by atoms with E-state index >= 15 is 0 Å². The van der Waals surface area contributed by atoms with Crippen molar-refractivity contribution in [1.29, 1.82) is 0 Å². The number of hydrazine groups is 1. The number of allylic oxidation sites excluding steroid dienone is 2. The average Bonchev–Trinajstić information content (AvgIpc) is 2.43. The number of hydrogen-bond donors (Lipinski definition) is 2. The number of methoxy groups -OCH3 is 1. The summed E-state index contributed by atoms with van der Waals surface area (Å²) in [6, 6.07) is 4.36. The first-order valence-corrected chi connectivity index (χ1v) is 6.86. The van der Waals surface area contributed by atoms with Gasteiger partial charge in [0.25, 0.3) is 0 Å². The molecule has 0 aromatic heterocycles. The summed E-state index contributed by atoms with van der Waals surface area (Å²) in [6.07, 6.45) is 0.603. The van der Waals surface area contributed by atoms with Gasteiger partial charge in [-0.15, -0.1) is 11.6 Å². The molecule has 0 aliphatic carbocycles. The SMILES string of the molecule is COc1ccc(F)c(N(N)/C(CC(C)C)=C(\N)CCl)c1. The molecule has 0 radical (unpaired) electrons. The predicted molar refractivity (Wildman–Crippen MR) is 81.0 cm³/mol. The van der Waals surface area contributed by atoms with E-state index in [4.69, 9.17) is 27.9 Å². The number of halogens is 2. The number of alkyl halides is 1. The number of rotatable bonds is 6. The highest BCUT2D eigenvalue weighted by atomic mass is 35.5. The molecular formula is C14H21ClFN3O. The fourth-order valence-electron chi connectivity index (χ4n) is 1.80. The van der Waals surface area contributed by atoms with Crippen molar-refractivity contribution in [2.24, 2.45) is 17.5 Å². The van der Waals surface area contributed by atoms with Gasteiger partial charge in [0.1, 0.15) is 11.6 Å². The molecule has 0 heterocycles. The number of nitrogens with zero attached hydrogens (tertiary/aromatic N) is 1. The molecule has 0 atom stereocenters. The first-order valence-electron chi connectivity index (χ1n) is 6.32. The molecule has 4 N–H and O–H groups in total. The fourth-order valence-corrected chi connectivity index (χ4v) is 1.95. The van der Waals surface area contributed by atoms with Gasteiger partial charge >= 0.3 is 0 Å². The topological polar surface area (TPSA) is 64.5 Å². The quantitative estimate of drug-likeness (QED) is 0.482. The lowest BCUT2D eigenvalue weighted by Gasteiger charge is -2.25. The second-order valence-electron chi connectivity index (χ2n) is 4.89. The Hall–Kier alpha value is -1.46. The van der Waals surface area contributed by atoms with Crippen LogP contribution in [0.5, 0.6) is 5.75 Å². The van der Waals surface area contributed by atoms with Crippen LogP contribution in [0.1, 0.15) is 20.3 Å². The monoisotopic (exact) mass is 301 g/mol. The van der Waals surface area contributed by atoms with Crippen LogP contribution < -0.4 is 21.3 Å². The molecule has 0 saturated carbocycles. The maximum atomic E-state index is 13.9. The second-order valence-corrected chi connectivity index (χ2v) is 5.16. The molecule has 0 aliphatic rings. The normalized spacial score (nSPS) is 12.3. The molecule has 6 heteroatoms. The molecule has 20 heavy (non-hydrogen) atoms. The Bertz CT molecular complexity index is 491. The Morgan fingerprint density at radius 2 is 2.10 bits per heavy atom. The van der Waals surface area contributed by atoms with Crippen molar-refractivity contribution < 1.29 is 9.13 Å². The summed E-state index contributed by atoms with van der Waals surface area (Å²) in [5.74, 6) is 6.55. The van der Waals surface area contributed by atoms with Crippen molar-refractivity contribution in [3.8, 4) is 5.75 Å². The molecule has 0 fully saturated rings. The highest BCUT2D eigenvalue weighted by Gasteiger charge is 2.17. The fraction of sp³-hybridized carbons (Fsp3) is 0.429. The number of anilines is 1. The van der Waals surface area contributed by atoms with Crippen molar-refractivity contribution >= 4 is 17.3 Å². The van der Waals surface area contributed by atoms with Gasteiger partial charge in [0.2, 0.25) is 0 Å². The molecule has 1 rings (SSSR count). The van der Waals surface area contributed by atoms with E-state index in [1.807, 2.05) is 13.8 Å². The molecule has 0 saturated heterocycles. The van der Waals surface area contributed by atoms with E-state index in [2.05, 4.69) is 0 Å². The Labute approximate surface area is 124 Å². The van der Waals surface area contributed by atoms with Crippen LogP contribution in [0.15, 0.2) is 29.6 Å². The third kappa shape index (κ3) is 4.02. The zero-order valence-electron chi connectivity index (χ0n) is 12.0. The second kappa shape index (κ2) is 7.36. The molecule has 112 valence electrons. The molecule has 0 unspecified atom stereocenters. The Morgan fingerprint density at radius 3 is 2.60 bits per heavy atom. The number of ether oxygens (including phenoxy) is 1. The lowest BCUT2D eigenvalue weighted by molar-refractivity contribution is 0.413. The van der Waals surface area contributed by atoms with Gasteiger partial charge in [0.05, 0.1) is 24.4 Å². The van der Waals surface area contributed by atoms with E-state index in [0.717, 1.165) is 0 Å². The van der Waals surface area contributed by atoms with Gasteiger partial charge in [-0.3, -0.25) is 5.01 Å². The van der Waals surface area contributed by atoms with E-state index in [0.29, 0.717) is 29.5 Å². The molecular weight excluding hydrogens is 281 g/mol. The summed E-state index contributed by atoms with van der Waals surface area (Å²) in [4.78, 5) is 0. The highest BCUT2D eigenvalue weighted by Crippen LogP contribution is 2.28. The lowest BCUT2D eigenvalue weighted by atomic mass is 10.1. The van der Waals surface area contributed by atoms with Crippen molar-refractivity contribution in [3.63, 3.8) is 0 Å². The predicted octanol–water partition coefficient (Wildman–Crippen LogP) is 2.97. The van der Waals surface area contributed by atoms with Crippen molar-refractivity contribution in [3.05, 3.63) is 35.4 Å². The summed E-state index contributed by atoms with van der Waals surface area (Å²) in [7, 11) is 1.51. The summed E-state index contributed by atoms with van der Waals surface area (Å²) in [5.41, 5.74) is 7.15. The first kappa shape index (κ1) is 16.6. The molecule has 0 bridgehead atoms. The van der Waals surface area contributed by atoms with Gasteiger partial charge in [0, 0.05) is 11.8 Å². The van der Waals surface area contributed by atoms with E-state index in [1.165, 1.54) is 30.3 Å². The third-order valence-electron chi connectivity index (χ3n) is 2.82. The minimum atomic E-state index is -0.447. The summed E-state index contributed by atoms with van der Waals surface area (Å²) < 4.78 is 19.0. The van der Waals surface area contributed by atoms with E-state index in [9.17, 15) is 4.39 Å². The molecule has 0 spiro atoms. The average molecular weight is 302 g/mol. The smallest absolute Gasteiger partial charge is 0.148 e. The Kier molecular flexibility index (Phi) is 6.10. The van der Waals surface area contributed by atoms with Crippen LogP contribution in [-0.2, 0) is 0 Å². The maximum Gasteiger partial charge on any atom is 0.148 e. The molecule has 4 nitrogen and oxygen atoms in total. The van der Waals surface area contributed by atoms with Gasteiger partial charge in [-0.05, 0) is 24.5 Å². The standard InChI is InChI=1S/C14H21ClFN3O/c1-9(2)6-14(12(17)8-15)19(18)13-7-10(20-3)4-5-11(13)16/h4-5,7,9H,6,8,17-18H2,1-3H3/b14-12-. The molecule has 1 aromatic carbocycles. The number of hydrogen-bond acceptors (Lipinski definition) is 4. The first-order chi connectivity index (χ1) is 9.40. The van der Waals surface area contributed by atoms with Crippen LogP contribution >= 0.6 is 11.6 Å². The minimum Gasteiger partial charge on any atom is -0.497 e. The van der Waals surface area contributed by atoms with Gasteiger partial charge in [-0.1, -0.05) is 13.8 Å². The van der Waals surface area contributed by atoms with Crippen molar-refractivity contribution in [2.45, 2.75) is 20.3 Å². The van der Waals surface area contributed by atoms with Gasteiger partial charge in [0.15, 0.2) is 0 Å². The van der Waals surface area contributed by atoms with E-state index in [1.54, 1.807) is 0 Å². The van der Waals surface area contributed by atoms with Crippen LogP contribution in [0.2, 0.25) is 0 Å². The van der Waals surface area contributed by atoms with Crippen molar-refractivity contribution in [1.82, 2.24) is 0 Å². The van der Waals surface area contributed by atoms with Crippen LogP contribution in [-0.4, -0.2) is 13.0 Å². The summed E-state index contributed by atoms with van der Waals surface area (Å²) >= 11 is 5.78. The number of nitrogens with two attached hydrogens (primary N) is 2. The zero-order chi connectivity index (χ0) is 15.3. The maximum absolute atomic E-state index is 13.9. The van der Waals surface area contributed by atoms with Gasteiger partial charge in [-0.2, -0.15) is 0 Å². The molecule has 0 aliphatic heterocycles. The van der Waals surface area contributed by atoms with E-state index < -0.39 is 5.82 Å². The van der Waals surface area contributed by atoms with Crippen LogP contribution in [0, 0.1) is 11.7 Å². The van der Waals surface area contributed by atoms with Crippen LogP contribution in [0.3, 0.4) is 0 Å². The summed E-state index contributed by atoms with van der Waals surface area (Å²) in [5, 5.41) is 1.25. The molecule has 1 aromatic rings. The highest BCUT2D eigenvalue weighted by molar-refractivity contribution is 6.19. The summed E-state index contributed by atoms with van der Waals surface area (Å²) in [6.45, 7) is 4.05. The van der Waals surface area contributed by atoms with Gasteiger partial charge in [-0.25, -0.2) is 10.2 Å². The van der Waals surface area contributed by atoms with Crippen molar-refractivity contribution in [2.75, 3.05) is 18.0 Å².